The molecule has 0 radical (unpaired) electrons. The first-order chi connectivity index (χ1) is 18.5. The smallest absolute Gasteiger partial charge is 0.330 e. The van der Waals surface area contributed by atoms with Crippen molar-refractivity contribution in [3.8, 4) is 17.2 Å². The van der Waals surface area contributed by atoms with Gasteiger partial charge >= 0.3 is 5.69 Å². The molecule has 0 atom stereocenters. The van der Waals surface area contributed by atoms with Gasteiger partial charge in [0, 0.05) is 52.0 Å². The average Bonchev–Trinajstić information content (AvgIpc) is 3.67. The monoisotopic (exact) mass is 518 g/mol. The van der Waals surface area contributed by atoms with E-state index in [2.05, 4.69) is 19.9 Å². The predicted molar refractivity (Wildman–Crippen MR) is 144 cm³/mol. The Morgan fingerprint density at radius 3 is 2.61 bits per heavy atom. The van der Waals surface area contributed by atoms with E-state index in [1.54, 1.807) is 33.0 Å². The number of benzene rings is 1. The third-order valence-corrected chi connectivity index (χ3v) is 7.06. The molecule has 0 amide bonds. The number of imidazole rings is 1. The Morgan fingerprint density at radius 1 is 1.11 bits per heavy atom. The number of anilines is 2. The van der Waals surface area contributed by atoms with Crippen LogP contribution >= 0.6 is 0 Å². The summed E-state index contributed by atoms with van der Waals surface area (Å²) in [4.78, 5) is 22.5. The minimum absolute atomic E-state index is 0.00120. The van der Waals surface area contributed by atoms with E-state index in [9.17, 15) is 4.79 Å². The molecule has 5 heterocycles. The number of aryl methyl sites for hydroxylation is 1. The van der Waals surface area contributed by atoms with E-state index in [4.69, 9.17) is 20.0 Å². The van der Waals surface area contributed by atoms with Crippen molar-refractivity contribution in [3.63, 3.8) is 0 Å². The maximum atomic E-state index is 13.2. The zero-order valence-corrected chi connectivity index (χ0v) is 21.2. The maximum Gasteiger partial charge on any atom is 0.330 e. The van der Waals surface area contributed by atoms with Crippen LogP contribution in [0.5, 0.6) is 5.75 Å². The second-order valence-electron chi connectivity index (χ2n) is 9.33. The summed E-state index contributed by atoms with van der Waals surface area (Å²) in [6.07, 6.45) is 1.59. The Labute approximate surface area is 218 Å². The first-order valence-corrected chi connectivity index (χ1v) is 12.6. The van der Waals surface area contributed by atoms with Crippen molar-refractivity contribution >= 4 is 28.3 Å². The van der Waals surface area contributed by atoms with Gasteiger partial charge in [0.25, 0.3) is 0 Å². The van der Waals surface area contributed by atoms with Gasteiger partial charge in [0.05, 0.1) is 18.4 Å². The second-order valence-corrected chi connectivity index (χ2v) is 9.33. The van der Waals surface area contributed by atoms with Gasteiger partial charge in [-0.3, -0.25) is 14.0 Å². The normalized spacial score (nSPS) is 14.6. The molecule has 0 saturated carbocycles. The van der Waals surface area contributed by atoms with E-state index in [1.807, 2.05) is 36.4 Å². The van der Waals surface area contributed by atoms with Gasteiger partial charge in [-0.05, 0) is 42.5 Å². The Morgan fingerprint density at radius 2 is 1.89 bits per heavy atom. The van der Waals surface area contributed by atoms with Gasteiger partial charge in [0.15, 0.2) is 11.4 Å². The lowest BCUT2D eigenvalue weighted by Gasteiger charge is -2.36. The summed E-state index contributed by atoms with van der Waals surface area (Å²) in [6.45, 7) is 5.07. The van der Waals surface area contributed by atoms with E-state index >= 15 is 0 Å². The highest BCUT2D eigenvalue weighted by Gasteiger charge is 2.22. The first kappa shape index (κ1) is 24.1. The third kappa shape index (κ3) is 4.27. The van der Waals surface area contributed by atoms with Crippen LogP contribution in [-0.2, 0) is 13.6 Å². The van der Waals surface area contributed by atoms with E-state index in [-0.39, 0.29) is 18.2 Å². The molecule has 38 heavy (non-hydrogen) atoms. The summed E-state index contributed by atoms with van der Waals surface area (Å²) < 4.78 is 15.8. The number of nitrogens with zero attached hydrogens (tertiary/aromatic N) is 7. The molecule has 5 aromatic rings. The molecule has 1 aromatic carbocycles. The number of hydrogen-bond donors (Lipinski definition) is 2. The van der Waals surface area contributed by atoms with Gasteiger partial charge in [0.2, 0.25) is 5.95 Å². The molecule has 0 unspecified atom stereocenters. The first-order valence-electron chi connectivity index (χ1n) is 12.6. The summed E-state index contributed by atoms with van der Waals surface area (Å²) in [6, 6.07) is 13.4. The summed E-state index contributed by atoms with van der Waals surface area (Å²) >= 11 is 0. The lowest BCUT2D eigenvalue weighted by Crippen LogP contribution is -2.47. The lowest BCUT2D eigenvalue weighted by atomic mass is 10.2. The maximum absolute atomic E-state index is 13.2. The molecule has 0 spiro atoms. The molecular formula is C26H30N8O4. The number of aliphatic hydroxyl groups excluding tert-OH is 1. The summed E-state index contributed by atoms with van der Waals surface area (Å²) in [5.74, 6) is 1.59. The molecule has 12 nitrogen and oxygen atoms in total. The van der Waals surface area contributed by atoms with Gasteiger partial charge in [-0.15, -0.1) is 0 Å². The van der Waals surface area contributed by atoms with Crippen LogP contribution < -0.4 is 21.1 Å². The number of piperazine rings is 1. The van der Waals surface area contributed by atoms with Gasteiger partial charge in [-0.25, -0.2) is 4.79 Å². The van der Waals surface area contributed by atoms with Crippen LogP contribution in [0.25, 0.3) is 28.1 Å². The van der Waals surface area contributed by atoms with Crippen molar-refractivity contribution in [3.05, 3.63) is 59.2 Å². The summed E-state index contributed by atoms with van der Waals surface area (Å²) in [5, 5.41) is 13.4. The number of nitrogen functional groups attached to an aromatic ring is 1. The fourth-order valence-corrected chi connectivity index (χ4v) is 5.06. The van der Waals surface area contributed by atoms with E-state index in [0.29, 0.717) is 41.3 Å². The van der Waals surface area contributed by atoms with Gasteiger partial charge in [0.1, 0.15) is 23.6 Å². The van der Waals surface area contributed by atoms with Gasteiger partial charge < -0.3 is 24.9 Å². The number of fused-ring (bicyclic) bond motifs is 3. The number of rotatable bonds is 8. The lowest BCUT2D eigenvalue weighted by molar-refractivity contribution is 0.201. The Bertz CT molecular complexity index is 1610. The van der Waals surface area contributed by atoms with Gasteiger partial charge in [-0.1, -0.05) is 0 Å². The predicted octanol–water partition coefficient (Wildman–Crippen LogP) is 1.42. The van der Waals surface area contributed by atoms with Crippen LogP contribution in [-0.4, -0.2) is 79.7 Å². The Kier molecular flexibility index (Phi) is 6.26. The van der Waals surface area contributed by atoms with Crippen molar-refractivity contribution < 1.29 is 14.3 Å². The highest BCUT2D eigenvalue weighted by atomic mass is 16.5. The minimum atomic E-state index is -0.136. The number of aliphatic hydroxyl groups is 1. The number of hydrogen-bond acceptors (Lipinski definition) is 9. The van der Waals surface area contributed by atoms with Crippen molar-refractivity contribution in [2.75, 3.05) is 56.6 Å². The molecule has 198 valence electrons. The zero-order valence-electron chi connectivity index (χ0n) is 21.2. The van der Waals surface area contributed by atoms with Crippen LogP contribution in [0.2, 0.25) is 0 Å². The summed E-state index contributed by atoms with van der Waals surface area (Å²) in [5.41, 5.74) is 9.84. The number of nitrogens with two attached hydrogens (primary N) is 1. The molecule has 3 N–H and O–H groups in total. The number of furan rings is 1. The highest BCUT2D eigenvalue weighted by molar-refractivity contribution is 5.91. The number of ether oxygens (including phenoxy) is 1. The largest absolute Gasteiger partial charge is 0.491 e. The Balaban J connectivity index is 1.17. The number of aromatic nitrogens is 5. The van der Waals surface area contributed by atoms with Gasteiger partial charge in [-0.2, -0.15) is 14.6 Å². The Hall–Kier alpha value is -4.29. The van der Waals surface area contributed by atoms with E-state index < -0.39 is 0 Å². The third-order valence-electron chi connectivity index (χ3n) is 7.06. The van der Waals surface area contributed by atoms with Crippen LogP contribution in [0.1, 0.15) is 0 Å². The molecule has 1 fully saturated rings. The molecule has 12 heteroatoms. The quantitative estimate of drug-likeness (QED) is 0.313. The van der Waals surface area contributed by atoms with E-state index in [0.717, 1.165) is 44.2 Å². The fourth-order valence-electron chi connectivity index (χ4n) is 5.06. The fraction of sp³-hybridized carbons (Fsp3) is 0.346. The highest BCUT2D eigenvalue weighted by Crippen LogP contribution is 2.26. The zero-order chi connectivity index (χ0) is 26.2. The molecular weight excluding hydrogens is 488 g/mol. The molecule has 1 aliphatic rings. The summed E-state index contributed by atoms with van der Waals surface area (Å²) in [7, 11) is 1.75. The van der Waals surface area contributed by atoms with Crippen molar-refractivity contribution in [2.24, 2.45) is 7.05 Å². The van der Waals surface area contributed by atoms with Crippen LogP contribution in [0.15, 0.2) is 57.9 Å². The van der Waals surface area contributed by atoms with Crippen LogP contribution in [0, 0.1) is 0 Å². The molecule has 4 aromatic heterocycles. The minimum Gasteiger partial charge on any atom is -0.491 e. The topological polar surface area (TPSA) is 132 Å². The molecule has 1 saturated heterocycles. The second kappa shape index (κ2) is 9.88. The van der Waals surface area contributed by atoms with Crippen molar-refractivity contribution in [1.82, 2.24) is 28.6 Å². The van der Waals surface area contributed by atoms with E-state index in [1.165, 1.54) is 0 Å². The molecule has 0 bridgehead atoms. The average molecular weight is 519 g/mol. The van der Waals surface area contributed by atoms with Crippen molar-refractivity contribution in [1.29, 1.82) is 0 Å². The van der Waals surface area contributed by atoms with Crippen LogP contribution in [0.3, 0.4) is 0 Å². The standard InChI is InChI=1S/C26H30N8O4/c1-30-23-21-17-20(22-3-2-15-38-22)29-34(21)25(27)28-24(23)33(26(30)36)13-10-31-8-11-32(12-9-31)18-4-6-19(7-5-18)37-16-14-35/h2-7,15,17,35H,8-14,16H2,1H3,(H2,27,28). The molecule has 0 aliphatic carbocycles. The molecule has 1 aliphatic heterocycles. The molecule has 6 rings (SSSR count). The SMILES string of the molecule is Cn1c(=O)n(CCN2CCN(c3ccc(OCCO)cc3)CC2)c2nc(N)n3nc(-c4ccco4)cc3c21. The van der Waals surface area contributed by atoms with Crippen LogP contribution in [0.4, 0.5) is 11.6 Å². The van der Waals surface area contributed by atoms with Crippen molar-refractivity contribution in [2.45, 2.75) is 6.54 Å².